The van der Waals surface area contributed by atoms with E-state index in [2.05, 4.69) is 6.92 Å². The molecule has 0 aromatic heterocycles. The highest BCUT2D eigenvalue weighted by Gasteiger charge is 2.13. The van der Waals surface area contributed by atoms with Crippen LogP contribution in [0.25, 0.3) is 0 Å². The molecule has 0 saturated carbocycles. The maximum atomic E-state index is 11.5. The van der Waals surface area contributed by atoms with E-state index in [9.17, 15) is 4.79 Å². The van der Waals surface area contributed by atoms with Crippen molar-refractivity contribution in [1.29, 1.82) is 0 Å². The van der Waals surface area contributed by atoms with Gasteiger partial charge in [0.1, 0.15) is 0 Å². The smallest absolute Gasteiger partial charge is 0.157 e. The standard InChI is InChI=1S/C14H19ClN2O/c1-4-5-14(10(2)11(3)18)17(16)13-8-6-12(15)7-9-13/h6-9H,4-5,16H2,1-3H3/b14-10+. The molecule has 0 unspecified atom stereocenters. The number of carbonyl (C=O) groups is 1. The molecule has 98 valence electrons. The summed E-state index contributed by atoms with van der Waals surface area (Å²) in [4.78, 5) is 11.5. The van der Waals surface area contributed by atoms with Crippen LogP contribution >= 0.6 is 11.6 Å². The quantitative estimate of drug-likeness (QED) is 0.502. The van der Waals surface area contributed by atoms with Crippen molar-refractivity contribution in [2.24, 2.45) is 5.84 Å². The van der Waals surface area contributed by atoms with E-state index in [1.807, 2.05) is 19.1 Å². The SMILES string of the molecule is CCC/C(=C(/C)C(C)=O)N(N)c1ccc(Cl)cc1. The average Bonchev–Trinajstić information content (AvgIpc) is 2.35. The lowest BCUT2D eigenvalue weighted by molar-refractivity contribution is -0.113. The number of carbonyl (C=O) groups excluding carboxylic acids is 1. The normalized spacial score (nSPS) is 12.1. The summed E-state index contributed by atoms with van der Waals surface area (Å²) in [7, 11) is 0. The van der Waals surface area contributed by atoms with Gasteiger partial charge in [-0.1, -0.05) is 24.9 Å². The zero-order valence-corrected chi connectivity index (χ0v) is 11.8. The van der Waals surface area contributed by atoms with Gasteiger partial charge in [-0.3, -0.25) is 9.80 Å². The highest BCUT2D eigenvalue weighted by Crippen LogP contribution is 2.23. The Kier molecular flexibility index (Phi) is 5.38. The molecule has 0 fully saturated rings. The van der Waals surface area contributed by atoms with Crippen LogP contribution in [0.1, 0.15) is 33.6 Å². The number of rotatable bonds is 5. The van der Waals surface area contributed by atoms with Crippen LogP contribution in [0.3, 0.4) is 0 Å². The first-order valence-corrected chi connectivity index (χ1v) is 6.36. The molecule has 3 nitrogen and oxygen atoms in total. The van der Waals surface area contributed by atoms with Crippen molar-refractivity contribution in [1.82, 2.24) is 0 Å². The number of benzene rings is 1. The molecule has 1 aromatic rings. The third-order valence-electron chi connectivity index (χ3n) is 2.84. The summed E-state index contributed by atoms with van der Waals surface area (Å²) in [6, 6.07) is 7.24. The number of hydrogen-bond acceptors (Lipinski definition) is 3. The van der Waals surface area contributed by atoms with E-state index < -0.39 is 0 Å². The Morgan fingerprint density at radius 2 is 1.83 bits per heavy atom. The van der Waals surface area contributed by atoms with Gasteiger partial charge in [0.25, 0.3) is 0 Å². The van der Waals surface area contributed by atoms with Crippen molar-refractivity contribution < 1.29 is 4.79 Å². The van der Waals surface area contributed by atoms with Crippen molar-refractivity contribution in [3.63, 3.8) is 0 Å². The average molecular weight is 267 g/mol. The van der Waals surface area contributed by atoms with Gasteiger partial charge in [0.05, 0.1) is 5.69 Å². The molecule has 0 aliphatic carbocycles. The lowest BCUT2D eigenvalue weighted by atomic mass is 10.1. The predicted octanol–water partition coefficient (Wildman–Crippen LogP) is 3.68. The Bertz CT molecular complexity index is 451. The van der Waals surface area contributed by atoms with E-state index >= 15 is 0 Å². The molecule has 0 bridgehead atoms. The Hall–Kier alpha value is -1.32. The zero-order valence-electron chi connectivity index (χ0n) is 11.0. The molecule has 18 heavy (non-hydrogen) atoms. The lowest BCUT2D eigenvalue weighted by Crippen LogP contribution is -2.31. The number of allylic oxidation sites excluding steroid dienone is 2. The van der Waals surface area contributed by atoms with Gasteiger partial charge in [0.15, 0.2) is 5.78 Å². The van der Waals surface area contributed by atoms with Gasteiger partial charge in [-0.15, -0.1) is 0 Å². The highest BCUT2D eigenvalue weighted by atomic mass is 35.5. The van der Waals surface area contributed by atoms with Crippen molar-refractivity contribution >= 4 is 23.1 Å². The van der Waals surface area contributed by atoms with Crippen LogP contribution in [-0.4, -0.2) is 5.78 Å². The maximum Gasteiger partial charge on any atom is 0.157 e. The lowest BCUT2D eigenvalue weighted by Gasteiger charge is -2.24. The van der Waals surface area contributed by atoms with E-state index in [4.69, 9.17) is 17.4 Å². The number of anilines is 1. The summed E-state index contributed by atoms with van der Waals surface area (Å²) < 4.78 is 0. The van der Waals surface area contributed by atoms with Crippen LogP contribution in [0.4, 0.5) is 5.69 Å². The predicted molar refractivity (Wildman–Crippen MR) is 76.4 cm³/mol. The van der Waals surface area contributed by atoms with E-state index in [0.717, 1.165) is 24.2 Å². The van der Waals surface area contributed by atoms with E-state index in [0.29, 0.717) is 10.6 Å². The molecule has 1 rings (SSSR count). The van der Waals surface area contributed by atoms with Crippen LogP contribution in [0.5, 0.6) is 0 Å². The summed E-state index contributed by atoms with van der Waals surface area (Å²) in [5.74, 6) is 6.14. The van der Waals surface area contributed by atoms with Gasteiger partial charge in [-0.25, -0.2) is 5.84 Å². The first-order chi connectivity index (χ1) is 8.47. The Labute approximate surface area is 113 Å². The molecule has 4 heteroatoms. The van der Waals surface area contributed by atoms with E-state index in [1.165, 1.54) is 0 Å². The van der Waals surface area contributed by atoms with Gasteiger partial charge in [-0.2, -0.15) is 0 Å². The second-order valence-electron chi connectivity index (χ2n) is 4.22. The first kappa shape index (κ1) is 14.7. The van der Waals surface area contributed by atoms with E-state index in [-0.39, 0.29) is 5.78 Å². The third kappa shape index (κ3) is 3.59. The van der Waals surface area contributed by atoms with Gasteiger partial charge in [-0.05, 0) is 44.5 Å². The third-order valence-corrected chi connectivity index (χ3v) is 3.10. The minimum Gasteiger partial charge on any atom is -0.295 e. The molecular weight excluding hydrogens is 248 g/mol. The van der Waals surface area contributed by atoms with Crippen LogP contribution in [-0.2, 0) is 4.79 Å². The summed E-state index contributed by atoms with van der Waals surface area (Å²) in [5, 5.41) is 2.23. The fraction of sp³-hybridized carbons (Fsp3) is 0.357. The van der Waals surface area contributed by atoms with Crippen molar-refractivity contribution in [2.75, 3.05) is 5.01 Å². The van der Waals surface area contributed by atoms with E-state index in [1.54, 1.807) is 24.1 Å². The minimum atomic E-state index is 0.0443. The van der Waals surface area contributed by atoms with Crippen LogP contribution in [0.15, 0.2) is 35.5 Å². The van der Waals surface area contributed by atoms with Crippen LogP contribution in [0, 0.1) is 0 Å². The van der Waals surface area contributed by atoms with Gasteiger partial charge < -0.3 is 0 Å². The molecule has 2 N–H and O–H groups in total. The highest BCUT2D eigenvalue weighted by molar-refractivity contribution is 6.30. The molecule has 0 atom stereocenters. The fourth-order valence-electron chi connectivity index (χ4n) is 1.69. The molecule has 0 aliphatic rings. The number of hydrogen-bond donors (Lipinski definition) is 1. The van der Waals surface area contributed by atoms with Gasteiger partial charge in [0, 0.05) is 16.3 Å². The number of Topliss-reactive ketones (excluding diaryl/α,β-unsaturated/α-hetero) is 1. The minimum absolute atomic E-state index is 0.0443. The topological polar surface area (TPSA) is 46.3 Å². The number of hydrazine groups is 1. The van der Waals surface area contributed by atoms with Crippen molar-refractivity contribution in [3.05, 3.63) is 40.6 Å². The Balaban J connectivity index is 3.10. The first-order valence-electron chi connectivity index (χ1n) is 5.98. The Morgan fingerprint density at radius 1 is 1.28 bits per heavy atom. The van der Waals surface area contributed by atoms with Gasteiger partial charge in [0.2, 0.25) is 0 Å². The summed E-state index contributed by atoms with van der Waals surface area (Å²) in [6.07, 6.45) is 1.70. The van der Waals surface area contributed by atoms with Crippen LogP contribution < -0.4 is 10.9 Å². The molecule has 0 saturated heterocycles. The number of halogens is 1. The molecule has 0 spiro atoms. The summed E-state index contributed by atoms with van der Waals surface area (Å²) in [6.45, 7) is 5.42. The fourth-order valence-corrected chi connectivity index (χ4v) is 1.81. The Morgan fingerprint density at radius 3 is 2.28 bits per heavy atom. The molecule has 0 amide bonds. The summed E-state index contributed by atoms with van der Waals surface area (Å²) >= 11 is 5.84. The molecule has 0 radical (unpaired) electrons. The maximum absolute atomic E-state index is 11.5. The van der Waals surface area contributed by atoms with Crippen LogP contribution in [0.2, 0.25) is 5.02 Å². The number of ketones is 1. The largest absolute Gasteiger partial charge is 0.295 e. The molecule has 1 aromatic carbocycles. The monoisotopic (exact) mass is 266 g/mol. The summed E-state index contributed by atoms with van der Waals surface area (Å²) in [5.41, 5.74) is 2.38. The second kappa shape index (κ2) is 6.57. The second-order valence-corrected chi connectivity index (χ2v) is 4.66. The van der Waals surface area contributed by atoms with Gasteiger partial charge >= 0.3 is 0 Å². The molecular formula is C14H19ClN2O. The van der Waals surface area contributed by atoms with Crippen molar-refractivity contribution in [2.45, 2.75) is 33.6 Å². The molecule has 0 aliphatic heterocycles. The van der Waals surface area contributed by atoms with Crippen molar-refractivity contribution in [3.8, 4) is 0 Å². The number of nitrogens with zero attached hydrogens (tertiary/aromatic N) is 1. The molecule has 0 heterocycles. The zero-order chi connectivity index (χ0) is 13.7. The number of nitrogens with two attached hydrogens (primary N) is 1.